The minimum atomic E-state index is -3.63. The number of ether oxygens (including phenoxy) is 1. The number of amides is 2. The third kappa shape index (κ3) is 4.27. The molecule has 2 aliphatic rings. The van der Waals surface area contributed by atoms with Crippen LogP contribution in [0.2, 0.25) is 0 Å². The van der Waals surface area contributed by atoms with E-state index < -0.39 is 21.9 Å². The summed E-state index contributed by atoms with van der Waals surface area (Å²) in [4.78, 5) is 39.4. The summed E-state index contributed by atoms with van der Waals surface area (Å²) >= 11 is 1.16. The molecule has 0 saturated carbocycles. The summed E-state index contributed by atoms with van der Waals surface area (Å²) in [6.07, 6.45) is 1.25. The van der Waals surface area contributed by atoms with Gasteiger partial charge in [0.1, 0.15) is 4.21 Å². The van der Waals surface area contributed by atoms with Crippen molar-refractivity contribution in [1.82, 2.24) is 4.31 Å². The van der Waals surface area contributed by atoms with Gasteiger partial charge in [0.15, 0.2) is 0 Å². The second kappa shape index (κ2) is 9.64. The number of nitrogens with one attached hydrogen (secondary N) is 1. The van der Waals surface area contributed by atoms with Crippen LogP contribution in [0.5, 0.6) is 0 Å². The van der Waals surface area contributed by atoms with E-state index in [0.29, 0.717) is 41.7 Å². The molecular weight excluding hydrogens is 502 g/mol. The zero-order chi connectivity index (χ0) is 25.4. The summed E-state index contributed by atoms with van der Waals surface area (Å²) in [7, 11) is -2.32. The van der Waals surface area contributed by atoms with Crippen LogP contribution in [0, 0.1) is 5.92 Å². The van der Waals surface area contributed by atoms with Gasteiger partial charge in [-0.05, 0) is 42.5 Å². The van der Waals surface area contributed by atoms with Crippen LogP contribution in [0.15, 0.2) is 52.1 Å². The van der Waals surface area contributed by atoms with Crippen LogP contribution in [-0.4, -0.2) is 57.3 Å². The maximum absolute atomic E-state index is 13.2. The molecule has 3 heterocycles. The molecule has 1 N–H and O–H groups in total. The van der Waals surface area contributed by atoms with E-state index in [2.05, 4.69) is 5.32 Å². The van der Waals surface area contributed by atoms with Gasteiger partial charge in [-0.15, -0.1) is 11.3 Å². The number of benzene rings is 2. The number of thiophene rings is 1. The monoisotopic (exact) mass is 527 g/mol. The van der Waals surface area contributed by atoms with Crippen molar-refractivity contribution in [3.8, 4) is 0 Å². The minimum absolute atomic E-state index is 0.0722. The average molecular weight is 528 g/mol. The van der Waals surface area contributed by atoms with E-state index in [1.54, 1.807) is 46.7 Å². The highest BCUT2D eigenvalue weighted by molar-refractivity contribution is 7.91. The van der Waals surface area contributed by atoms with Gasteiger partial charge in [0, 0.05) is 41.7 Å². The van der Waals surface area contributed by atoms with Gasteiger partial charge in [0.25, 0.3) is 15.9 Å². The molecule has 3 aromatic rings. The molecule has 0 radical (unpaired) electrons. The molecule has 1 aromatic heterocycles. The fraction of sp³-hybridized carbons (Fsp3) is 0.320. The number of hydrogen-bond acceptors (Lipinski definition) is 7. The number of rotatable bonds is 7. The number of sulfonamides is 1. The lowest BCUT2D eigenvalue weighted by atomic mass is 9.98. The molecule has 36 heavy (non-hydrogen) atoms. The fourth-order valence-corrected chi connectivity index (χ4v) is 7.50. The number of anilines is 2. The van der Waals surface area contributed by atoms with Crippen LogP contribution in [-0.2, 0) is 24.3 Å². The second-order valence-corrected chi connectivity index (χ2v) is 11.9. The van der Waals surface area contributed by atoms with Gasteiger partial charge in [-0.1, -0.05) is 18.2 Å². The van der Waals surface area contributed by atoms with Crippen LogP contribution in [0.25, 0.3) is 10.8 Å². The van der Waals surface area contributed by atoms with Crippen LogP contribution >= 0.6 is 11.3 Å². The molecule has 0 spiro atoms. The van der Waals surface area contributed by atoms with Crippen LogP contribution in [0.1, 0.15) is 29.6 Å². The summed E-state index contributed by atoms with van der Waals surface area (Å²) in [5.41, 5.74) is 1.74. The van der Waals surface area contributed by atoms with Crippen molar-refractivity contribution in [3.05, 3.63) is 53.4 Å². The van der Waals surface area contributed by atoms with Crippen LogP contribution in [0.4, 0.5) is 11.4 Å². The molecule has 1 saturated heterocycles. The Morgan fingerprint density at radius 2 is 2.00 bits per heavy atom. The van der Waals surface area contributed by atoms with Gasteiger partial charge in [0.05, 0.1) is 25.1 Å². The van der Waals surface area contributed by atoms with Crippen molar-refractivity contribution < 1.29 is 27.5 Å². The third-order valence-electron chi connectivity index (χ3n) is 6.65. The molecule has 1 unspecified atom stereocenters. The number of piperidine rings is 1. The third-order valence-corrected chi connectivity index (χ3v) is 9.89. The topological polar surface area (TPSA) is 113 Å². The van der Waals surface area contributed by atoms with Crippen molar-refractivity contribution in [3.63, 3.8) is 0 Å². The van der Waals surface area contributed by atoms with E-state index in [-0.39, 0.29) is 35.5 Å². The highest BCUT2D eigenvalue weighted by Crippen LogP contribution is 2.41. The molecule has 2 aromatic carbocycles. The lowest BCUT2D eigenvalue weighted by molar-refractivity contribution is -0.140. The van der Waals surface area contributed by atoms with Gasteiger partial charge in [-0.2, -0.15) is 4.31 Å². The molecule has 1 fully saturated rings. The molecule has 9 nitrogen and oxygen atoms in total. The zero-order valence-corrected chi connectivity index (χ0v) is 21.2. The predicted molar refractivity (Wildman–Crippen MR) is 137 cm³/mol. The number of esters is 1. The van der Waals surface area contributed by atoms with Gasteiger partial charge in [-0.3, -0.25) is 14.4 Å². The summed E-state index contributed by atoms with van der Waals surface area (Å²) in [6.45, 7) is 0.694. The molecule has 0 bridgehead atoms. The highest BCUT2D eigenvalue weighted by atomic mass is 32.2. The SMILES string of the molecule is COC(=O)CCN1C(=O)c2cccc3c(NC(=O)C4CCCN(S(=O)(=O)c5cccs5)C4)ccc1c23. The van der Waals surface area contributed by atoms with E-state index in [1.807, 2.05) is 6.07 Å². The molecular formula is C25H25N3O6S2. The normalized spacial score (nSPS) is 18.0. The van der Waals surface area contributed by atoms with Crippen molar-refractivity contribution in [2.24, 2.45) is 5.92 Å². The van der Waals surface area contributed by atoms with Crippen molar-refractivity contribution >= 4 is 61.3 Å². The second-order valence-electron chi connectivity index (χ2n) is 8.77. The van der Waals surface area contributed by atoms with Crippen molar-refractivity contribution in [1.29, 1.82) is 0 Å². The fourth-order valence-electron chi connectivity index (χ4n) is 4.83. The molecule has 2 amide bonds. The maximum Gasteiger partial charge on any atom is 0.307 e. The Bertz CT molecular complexity index is 1450. The summed E-state index contributed by atoms with van der Waals surface area (Å²) in [6, 6.07) is 12.1. The number of nitrogens with zero attached hydrogens (tertiary/aromatic N) is 2. The van der Waals surface area contributed by atoms with Gasteiger partial charge < -0.3 is 15.0 Å². The number of methoxy groups -OCH3 is 1. The quantitative estimate of drug-likeness (QED) is 0.471. The Morgan fingerprint density at radius 1 is 1.17 bits per heavy atom. The summed E-state index contributed by atoms with van der Waals surface area (Å²) in [5.74, 6) is -1.35. The molecule has 1 atom stereocenters. The Morgan fingerprint density at radius 3 is 2.75 bits per heavy atom. The van der Waals surface area contributed by atoms with E-state index in [9.17, 15) is 22.8 Å². The number of carbonyl (C=O) groups is 3. The summed E-state index contributed by atoms with van der Waals surface area (Å²) in [5, 5.41) is 6.12. The van der Waals surface area contributed by atoms with E-state index in [0.717, 1.165) is 16.7 Å². The lowest BCUT2D eigenvalue weighted by Crippen LogP contribution is -2.43. The first kappa shape index (κ1) is 24.4. The van der Waals surface area contributed by atoms with E-state index >= 15 is 0 Å². The minimum Gasteiger partial charge on any atom is -0.469 e. The Labute approximate surface area is 212 Å². The average Bonchev–Trinajstić information content (AvgIpc) is 3.53. The first-order chi connectivity index (χ1) is 17.3. The molecule has 0 aliphatic carbocycles. The van der Waals surface area contributed by atoms with Crippen LogP contribution < -0.4 is 10.2 Å². The van der Waals surface area contributed by atoms with Gasteiger partial charge >= 0.3 is 5.97 Å². The standard InChI is InChI=1S/C25H25N3O6S2/c1-34-21(29)11-13-28-20-10-9-19(17-6-2-7-18(23(17)20)25(28)31)26-24(30)16-5-3-12-27(15-16)36(32,33)22-8-4-14-35-22/h2,4,6-10,14,16H,3,5,11-13,15H2,1H3,(H,26,30). The predicted octanol–water partition coefficient (Wildman–Crippen LogP) is 3.46. The van der Waals surface area contributed by atoms with E-state index in [1.165, 1.54) is 11.4 Å². The lowest BCUT2D eigenvalue weighted by Gasteiger charge is -2.31. The molecule has 188 valence electrons. The number of carbonyl (C=O) groups excluding carboxylic acids is 3. The summed E-state index contributed by atoms with van der Waals surface area (Å²) < 4.78 is 32.3. The van der Waals surface area contributed by atoms with E-state index in [4.69, 9.17) is 4.74 Å². The molecule has 5 rings (SSSR count). The number of hydrogen-bond donors (Lipinski definition) is 1. The Balaban J connectivity index is 1.37. The zero-order valence-electron chi connectivity index (χ0n) is 19.6. The molecule has 11 heteroatoms. The largest absolute Gasteiger partial charge is 0.469 e. The Kier molecular flexibility index (Phi) is 6.54. The van der Waals surface area contributed by atoms with Crippen molar-refractivity contribution in [2.75, 3.05) is 37.0 Å². The first-order valence-corrected chi connectivity index (χ1v) is 13.9. The molecule has 2 aliphatic heterocycles. The smallest absolute Gasteiger partial charge is 0.307 e. The first-order valence-electron chi connectivity index (χ1n) is 11.6. The maximum atomic E-state index is 13.2. The highest BCUT2D eigenvalue weighted by Gasteiger charge is 2.35. The Hall–Kier alpha value is -3.28. The van der Waals surface area contributed by atoms with Gasteiger partial charge in [0.2, 0.25) is 5.91 Å². The van der Waals surface area contributed by atoms with Gasteiger partial charge in [-0.25, -0.2) is 8.42 Å². The van der Waals surface area contributed by atoms with Crippen LogP contribution in [0.3, 0.4) is 0 Å². The van der Waals surface area contributed by atoms with Crippen molar-refractivity contribution in [2.45, 2.75) is 23.5 Å².